The van der Waals surface area contributed by atoms with Gasteiger partial charge in [0.25, 0.3) is 0 Å². The number of nitrogens with one attached hydrogen (secondary N) is 2. The molecule has 0 aromatic heterocycles. The van der Waals surface area contributed by atoms with Crippen molar-refractivity contribution in [1.29, 1.82) is 0 Å². The van der Waals surface area contributed by atoms with Gasteiger partial charge in [0.15, 0.2) is 0 Å². The van der Waals surface area contributed by atoms with Gasteiger partial charge in [-0.3, -0.25) is 0 Å². The maximum absolute atomic E-state index is 12.2. The Morgan fingerprint density at radius 2 is 1.75 bits per heavy atom. The fourth-order valence-electron chi connectivity index (χ4n) is 2.55. The van der Waals surface area contributed by atoms with E-state index in [4.69, 9.17) is 11.6 Å². The van der Waals surface area contributed by atoms with Crippen molar-refractivity contribution in [2.75, 3.05) is 20.6 Å². The number of benzene rings is 2. The van der Waals surface area contributed by atoms with Crippen molar-refractivity contribution in [2.45, 2.75) is 19.0 Å². The van der Waals surface area contributed by atoms with Gasteiger partial charge in [0, 0.05) is 24.2 Å². The van der Waals surface area contributed by atoms with Crippen molar-refractivity contribution in [3.63, 3.8) is 0 Å². The zero-order valence-electron chi connectivity index (χ0n) is 14.1. The van der Waals surface area contributed by atoms with Crippen LogP contribution in [0.1, 0.15) is 11.1 Å². The lowest BCUT2D eigenvalue weighted by Crippen LogP contribution is -2.47. The second-order valence-electron chi connectivity index (χ2n) is 6.07. The van der Waals surface area contributed by atoms with Gasteiger partial charge in [0.1, 0.15) is 0 Å². The quantitative estimate of drug-likeness (QED) is 0.808. The van der Waals surface area contributed by atoms with Crippen molar-refractivity contribution >= 4 is 17.6 Å². The SMILES string of the molecule is CN(C)CC(Cc1ccccc1)NC(=O)NCc1ccccc1Cl. The Balaban J connectivity index is 1.90. The van der Waals surface area contributed by atoms with Gasteiger partial charge >= 0.3 is 6.03 Å². The van der Waals surface area contributed by atoms with Crippen LogP contribution in [0.2, 0.25) is 5.02 Å². The lowest BCUT2D eigenvalue weighted by molar-refractivity contribution is 0.232. The van der Waals surface area contributed by atoms with E-state index in [0.717, 1.165) is 18.5 Å². The van der Waals surface area contributed by atoms with Crippen LogP contribution in [-0.4, -0.2) is 37.6 Å². The molecule has 2 N–H and O–H groups in total. The predicted octanol–water partition coefficient (Wildman–Crippen LogP) is 3.31. The molecular formula is C19H24ClN3O. The highest BCUT2D eigenvalue weighted by atomic mass is 35.5. The topological polar surface area (TPSA) is 44.4 Å². The Hall–Kier alpha value is -2.04. The Morgan fingerprint density at radius 1 is 1.08 bits per heavy atom. The van der Waals surface area contributed by atoms with Crippen LogP contribution in [0.3, 0.4) is 0 Å². The van der Waals surface area contributed by atoms with Gasteiger partial charge in [-0.2, -0.15) is 0 Å². The fourth-order valence-corrected chi connectivity index (χ4v) is 2.76. The van der Waals surface area contributed by atoms with E-state index in [1.165, 1.54) is 5.56 Å². The van der Waals surface area contributed by atoms with Gasteiger partial charge in [0.05, 0.1) is 0 Å². The molecule has 0 bridgehead atoms. The van der Waals surface area contributed by atoms with Crippen LogP contribution in [0.5, 0.6) is 0 Å². The number of likely N-dealkylation sites (N-methyl/N-ethyl adjacent to an activating group) is 1. The molecule has 2 aromatic rings. The Bertz CT molecular complexity index is 646. The normalized spacial score (nSPS) is 12.0. The molecule has 0 spiro atoms. The Labute approximate surface area is 148 Å². The van der Waals surface area contributed by atoms with E-state index in [1.54, 1.807) is 0 Å². The third kappa shape index (κ3) is 6.22. The van der Waals surface area contributed by atoms with Crippen molar-refractivity contribution in [2.24, 2.45) is 0 Å². The minimum atomic E-state index is -0.183. The van der Waals surface area contributed by atoms with Crippen LogP contribution in [0.15, 0.2) is 54.6 Å². The first-order valence-corrected chi connectivity index (χ1v) is 8.39. The molecule has 0 aliphatic carbocycles. The fraction of sp³-hybridized carbons (Fsp3) is 0.316. The molecule has 0 heterocycles. The highest BCUT2D eigenvalue weighted by Crippen LogP contribution is 2.14. The van der Waals surface area contributed by atoms with Crippen LogP contribution in [0.25, 0.3) is 0 Å². The molecule has 5 heteroatoms. The van der Waals surface area contributed by atoms with E-state index in [0.29, 0.717) is 11.6 Å². The molecule has 4 nitrogen and oxygen atoms in total. The summed E-state index contributed by atoms with van der Waals surface area (Å²) in [5.74, 6) is 0. The minimum Gasteiger partial charge on any atom is -0.334 e. The maximum Gasteiger partial charge on any atom is 0.315 e. The number of hydrogen-bond acceptors (Lipinski definition) is 2. The number of urea groups is 1. The molecule has 1 atom stereocenters. The summed E-state index contributed by atoms with van der Waals surface area (Å²) in [6, 6.07) is 17.5. The molecule has 2 amide bonds. The van der Waals surface area contributed by atoms with E-state index in [1.807, 2.05) is 56.6 Å². The van der Waals surface area contributed by atoms with Crippen molar-refractivity contribution < 1.29 is 4.79 Å². The number of amides is 2. The number of carbonyl (C=O) groups excluding carboxylic acids is 1. The third-order valence-corrected chi connectivity index (χ3v) is 4.01. The second-order valence-corrected chi connectivity index (χ2v) is 6.47. The lowest BCUT2D eigenvalue weighted by Gasteiger charge is -2.23. The van der Waals surface area contributed by atoms with Gasteiger partial charge in [-0.05, 0) is 37.7 Å². The molecule has 2 aromatic carbocycles. The van der Waals surface area contributed by atoms with Crippen molar-refractivity contribution in [3.05, 3.63) is 70.7 Å². The third-order valence-electron chi connectivity index (χ3n) is 3.64. The first kappa shape index (κ1) is 18.3. The summed E-state index contributed by atoms with van der Waals surface area (Å²) in [6.45, 7) is 1.18. The van der Waals surface area contributed by atoms with Gasteiger partial charge in [-0.1, -0.05) is 60.1 Å². The summed E-state index contributed by atoms with van der Waals surface area (Å²) in [5.41, 5.74) is 2.11. The highest BCUT2D eigenvalue weighted by Gasteiger charge is 2.14. The summed E-state index contributed by atoms with van der Waals surface area (Å²) in [6.07, 6.45) is 0.790. The van der Waals surface area contributed by atoms with Crippen LogP contribution in [0.4, 0.5) is 4.79 Å². The van der Waals surface area contributed by atoms with Crippen molar-refractivity contribution in [1.82, 2.24) is 15.5 Å². The molecule has 0 aliphatic rings. The average molecular weight is 346 g/mol. The number of rotatable bonds is 7. The van der Waals surface area contributed by atoms with Gasteiger partial charge < -0.3 is 15.5 Å². The second kappa shape index (κ2) is 9.30. The average Bonchev–Trinajstić information content (AvgIpc) is 2.54. The van der Waals surface area contributed by atoms with Gasteiger partial charge in [-0.15, -0.1) is 0 Å². The van der Waals surface area contributed by atoms with Crippen LogP contribution in [0, 0.1) is 0 Å². The molecule has 0 saturated carbocycles. The van der Waals surface area contributed by atoms with E-state index in [9.17, 15) is 4.79 Å². The van der Waals surface area contributed by atoms with Crippen LogP contribution < -0.4 is 10.6 Å². The molecule has 128 valence electrons. The lowest BCUT2D eigenvalue weighted by atomic mass is 10.1. The molecule has 0 radical (unpaired) electrons. The van der Waals surface area contributed by atoms with Crippen LogP contribution in [-0.2, 0) is 13.0 Å². The largest absolute Gasteiger partial charge is 0.334 e. The summed E-state index contributed by atoms with van der Waals surface area (Å²) in [5, 5.41) is 6.59. The first-order chi connectivity index (χ1) is 11.5. The zero-order chi connectivity index (χ0) is 17.4. The summed E-state index contributed by atoms with van der Waals surface area (Å²) < 4.78 is 0. The zero-order valence-corrected chi connectivity index (χ0v) is 14.9. The molecule has 1 unspecified atom stereocenters. The minimum absolute atomic E-state index is 0.0358. The predicted molar refractivity (Wildman–Crippen MR) is 99.3 cm³/mol. The summed E-state index contributed by atoms with van der Waals surface area (Å²) in [4.78, 5) is 14.3. The number of nitrogens with zero attached hydrogens (tertiary/aromatic N) is 1. The van der Waals surface area contributed by atoms with Crippen molar-refractivity contribution in [3.8, 4) is 0 Å². The number of carbonyl (C=O) groups is 1. The maximum atomic E-state index is 12.2. The Kier molecular flexibility index (Phi) is 7.09. The number of halogens is 1. The highest BCUT2D eigenvalue weighted by molar-refractivity contribution is 6.31. The van der Waals surface area contributed by atoms with E-state index in [-0.39, 0.29) is 12.1 Å². The first-order valence-electron chi connectivity index (χ1n) is 8.01. The molecule has 0 aliphatic heterocycles. The Morgan fingerprint density at radius 3 is 2.42 bits per heavy atom. The van der Waals surface area contributed by atoms with E-state index in [2.05, 4.69) is 27.7 Å². The van der Waals surface area contributed by atoms with E-state index >= 15 is 0 Å². The molecule has 2 rings (SSSR count). The smallest absolute Gasteiger partial charge is 0.315 e. The summed E-state index contributed by atoms with van der Waals surface area (Å²) >= 11 is 6.11. The van der Waals surface area contributed by atoms with Crippen LogP contribution >= 0.6 is 11.6 Å². The molecule has 0 saturated heterocycles. The molecule has 0 fully saturated rings. The standard InChI is InChI=1S/C19H24ClN3O/c1-23(2)14-17(12-15-8-4-3-5-9-15)22-19(24)21-13-16-10-6-7-11-18(16)20/h3-11,17H,12-14H2,1-2H3,(H2,21,22,24). The molecule has 24 heavy (non-hydrogen) atoms. The molecular weight excluding hydrogens is 322 g/mol. The van der Waals surface area contributed by atoms with E-state index < -0.39 is 0 Å². The monoisotopic (exact) mass is 345 g/mol. The van der Waals surface area contributed by atoms with Gasteiger partial charge in [-0.25, -0.2) is 4.79 Å². The number of hydrogen-bond donors (Lipinski definition) is 2. The van der Waals surface area contributed by atoms with Gasteiger partial charge in [0.2, 0.25) is 0 Å². The summed E-state index contributed by atoms with van der Waals surface area (Å²) in [7, 11) is 4.00.